The van der Waals surface area contributed by atoms with Gasteiger partial charge < -0.3 is 39.4 Å². The Morgan fingerprint density at radius 1 is 0.542 bits per heavy atom. The largest absolute Gasteiger partial charge is 0.462 e. The number of unbranched alkanes of at least 4 members (excludes halogenated alkanes) is 12. The van der Waals surface area contributed by atoms with E-state index in [1.165, 1.54) is 51.4 Å². The molecule has 336 valence electrons. The van der Waals surface area contributed by atoms with Crippen molar-refractivity contribution in [3.8, 4) is 0 Å². The van der Waals surface area contributed by atoms with Crippen LogP contribution in [0.1, 0.15) is 155 Å². The van der Waals surface area contributed by atoms with Gasteiger partial charge in [-0.2, -0.15) is 0 Å². The van der Waals surface area contributed by atoms with Crippen LogP contribution in [0, 0.1) is 0 Å². The Morgan fingerprint density at radius 3 is 1.63 bits per heavy atom. The zero-order valence-electron chi connectivity index (χ0n) is 36.5. The normalized spacial score (nSPS) is 20.8. The van der Waals surface area contributed by atoms with Crippen molar-refractivity contribution in [2.75, 3.05) is 19.8 Å². The summed E-state index contributed by atoms with van der Waals surface area (Å²) in [4.78, 5) is 25.3. The van der Waals surface area contributed by atoms with E-state index < -0.39 is 55.4 Å². The number of rotatable bonds is 36. The number of hydrogen-bond acceptors (Lipinski definition) is 10. The molecule has 0 bridgehead atoms. The van der Waals surface area contributed by atoms with Gasteiger partial charge in [0.05, 0.1) is 13.2 Å². The van der Waals surface area contributed by atoms with E-state index in [1.807, 2.05) is 12.2 Å². The number of aliphatic hydroxyl groups is 4. The fourth-order valence-corrected chi connectivity index (χ4v) is 6.16. The molecule has 0 spiro atoms. The predicted octanol–water partition coefficient (Wildman–Crippen LogP) is 9.77. The molecule has 10 nitrogen and oxygen atoms in total. The number of allylic oxidation sites excluding steroid dienone is 14. The highest BCUT2D eigenvalue weighted by Gasteiger charge is 2.44. The second kappa shape index (κ2) is 39.0. The standard InChI is InChI=1S/C49H80O10/c1-3-5-7-9-11-13-15-17-19-20-21-22-24-25-27-29-31-33-35-37-44(51)56-40-42(41-57-49-48(55)47(54)46(53)43(39-50)59-49)58-45(52)38-36-34-32-30-28-26-23-18-16-14-12-10-8-6-4-2/h11,13-14,16-19,21-23,25,27,31,33,42-43,46-50,53-55H,3-10,12,15,20,24,26,28-30,32,34-41H2,1-2H3/b13-11+,16-14+,19-17+,22-21+,23-18+,27-25+,33-31+/t42-,43-,46+,47?,48?,49-/m0/s1. The van der Waals surface area contributed by atoms with E-state index in [9.17, 15) is 30.0 Å². The third-order valence-electron chi connectivity index (χ3n) is 9.79. The van der Waals surface area contributed by atoms with Crippen LogP contribution < -0.4 is 0 Å². The zero-order chi connectivity index (χ0) is 43.0. The van der Waals surface area contributed by atoms with Gasteiger partial charge in [0, 0.05) is 12.8 Å². The molecule has 6 atom stereocenters. The lowest BCUT2D eigenvalue weighted by Crippen LogP contribution is -2.59. The van der Waals surface area contributed by atoms with Gasteiger partial charge in [-0.3, -0.25) is 9.59 Å². The number of hydrogen-bond donors (Lipinski definition) is 4. The highest BCUT2D eigenvalue weighted by Crippen LogP contribution is 2.22. The molecular weight excluding hydrogens is 749 g/mol. The van der Waals surface area contributed by atoms with Crippen LogP contribution in [-0.4, -0.2) is 89.0 Å². The maximum absolute atomic E-state index is 12.8. The molecule has 0 amide bonds. The van der Waals surface area contributed by atoms with Crippen LogP contribution in [-0.2, 0) is 28.5 Å². The summed E-state index contributed by atoms with van der Waals surface area (Å²) < 4.78 is 22.1. The van der Waals surface area contributed by atoms with Crippen LogP contribution >= 0.6 is 0 Å². The monoisotopic (exact) mass is 829 g/mol. The Kier molecular flexibility index (Phi) is 35.7. The van der Waals surface area contributed by atoms with E-state index in [0.717, 1.165) is 64.2 Å². The van der Waals surface area contributed by atoms with Gasteiger partial charge in [0.25, 0.3) is 0 Å². The van der Waals surface area contributed by atoms with E-state index in [1.54, 1.807) is 0 Å². The minimum absolute atomic E-state index is 0.144. The number of ether oxygens (including phenoxy) is 4. The highest BCUT2D eigenvalue weighted by molar-refractivity contribution is 5.70. The SMILES string of the molecule is CCCCC/C=C/C/C=C/C/C=C/C/C=C/C/C=C/CCC(=O)OC[C@@H](CO[C@H]1O[C@@H](CO)[C@@H](O)C(O)C1O)OC(=O)CCCCCCC/C=C/C=C/CCCCCC. The van der Waals surface area contributed by atoms with Crippen LogP contribution in [0.5, 0.6) is 0 Å². The quantitative estimate of drug-likeness (QED) is 0.0208. The van der Waals surface area contributed by atoms with Crippen molar-refractivity contribution < 1.29 is 49.0 Å². The first-order valence-electron chi connectivity index (χ1n) is 22.7. The maximum atomic E-state index is 12.8. The maximum Gasteiger partial charge on any atom is 0.306 e. The fraction of sp³-hybridized carbons (Fsp3) is 0.673. The Hall–Kier alpha value is -3.12. The molecule has 1 fully saturated rings. The summed E-state index contributed by atoms with van der Waals surface area (Å²) >= 11 is 0. The molecule has 0 aromatic carbocycles. The molecule has 0 aromatic heterocycles. The first-order valence-corrected chi connectivity index (χ1v) is 22.7. The molecular formula is C49H80O10. The van der Waals surface area contributed by atoms with Crippen molar-refractivity contribution in [2.45, 2.75) is 192 Å². The third kappa shape index (κ3) is 30.5. The predicted molar refractivity (Wildman–Crippen MR) is 237 cm³/mol. The number of aliphatic hydroxyl groups excluding tert-OH is 4. The summed E-state index contributed by atoms with van der Waals surface area (Å²) in [5.74, 6) is -0.929. The van der Waals surface area contributed by atoms with Gasteiger partial charge in [-0.25, -0.2) is 0 Å². The van der Waals surface area contributed by atoms with E-state index in [-0.39, 0.29) is 26.1 Å². The summed E-state index contributed by atoms with van der Waals surface area (Å²) in [5.41, 5.74) is 0. The minimum atomic E-state index is -1.61. The van der Waals surface area contributed by atoms with Gasteiger partial charge in [0.15, 0.2) is 12.4 Å². The molecule has 10 heteroatoms. The topological polar surface area (TPSA) is 152 Å². The Balaban J connectivity index is 2.41. The van der Waals surface area contributed by atoms with Crippen molar-refractivity contribution in [3.63, 3.8) is 0 Å². The van der Waals surface area contributed by atoms with E-state index in [4.69, 9.17) is 18.9 Å². The summed E-state index contributed by atoms with van der Waals surface area (Å²) in [6, 6.07) is 0. The Morgan fingerprint density at radius 2 is 1.03 bits per heavy atom. The third-order valence-corrected chi connectivity index (χ3v) is 9.79. The smallest absolute Gasteiger partial charge is 0.306 e. The van der Waals surface area contributed by atoms with Crippen LogP contribution in [0.3, 0.4) is 0 Å². The molecule has 0 saturated carbocycles. The van der Waals surface area contributed by atoms with E-state index in [2.05, 4.69) is 86.8 Å². The van der Waals surface area contributed by atoms with Crippen molar-refractivity contribution >= 4 is 11.9 Å². The highest BCUT2D eigenvalue weighted by atomic mass is 16.7. The molecule has 4 N–H and O–H groups in total. The zero-order valence-corrected chi connectivity index (χ0v) is 36.5. The van der Waals surface area contributed by atoms with Gasteiger partial charge in [-0.15, -0.1) is 0 Å². The average molecular weight is 829 g/mol. The lowest BCUT2D eigenvalue weighted by Gasteiger charge is -2.39. The number of carbonyl (C=O) groups excluding carboxylic acids is 2. The molecule has 59 heavy (non-hydrogen) atoms. The Bertz CT molecular complexity index is 1230. The van der Waals surface area contributed by atoms with Gasteiger partial charge in [0.1, 0.15) is 31.0 Å². The summed E-state index contributed by atoms with van der Waals surface area (Å²) in [6.45, 7) is 3.26. The fourth-order valence-electron chi connectivity index (χ4n) is 6.16. The van der Waals surface area contributed by atoms with Crippen molar-refractivity contribution in [1.29, 1.82) is 0 Å². The van der Waals surface area contributed by atoms with Gasteiger partial charge in [-0.05, 0) is 77.0 Å². The molecule has 0 radical (unpaired) electrons. The van der Waals surface area contributed by atoms with E-state index in [0.29, 0.717) is 12.8 Å². The van der Waals surface area contributed by atoms with Gasteiger partial charge in [0.2, 0.25) is 0 Å². The number of esters is 2. The van der Waals surface area contributed by atoms with Gasteiger partial charge in [-0.1, -0.05) is 150 Å². The first-order chi connectivity index (χ1) is 28.8. The van der Waals surface area contributed by atoms with Crippen molar-refractivity contribution in [2.24, 2.45) is 0 Å². The lowest BCUT2D eigenvalue weighted by molar-refractivity contribution is -0.305. The van der Waals surface area contributed by atoms with Crippen molar-refractivity contribution in [1.82, 2.24) is 0 Å². The summed E-state index contributed by atoms with van der Waals surface area (Å²) in [6.07, 6.45) is 43.1. The number of carbonyl (C=O) groups is 2. The molecule has 1 aliphatic heterocycles. The molecule has 1 aliphatic rings. The van der Waals surface area contributed by atoms with Gasteiger partial charge >= 0.3 is 11.9 Å². The van der Waals surface area contributed by atoms with E-state index >= 15 is 0 Å². The van der Waals surface area contributed by atoms with Crippen LogP contribution in [0.25, 0.3) is 0 Å². The average Bonchev–Trinajstić information content (AvgIpc) is 3.23. The first kappa shape index (κ1) is 53.9. The second-order valence-corrected chi connectivity index (χ2v) is 15.2. The molecule has 0 aromatic rings. The molecule has 1 rings (SSSR count). The summed E-state index contributed by atoms with van der Waals surface area (Å²) in [7, 11) is 0. The summed E-state index contributed by atoms with van der Waals surface area (Å²) in [5, 5.41) is 40.1. The van der Waals surface area contributed by atoms with Crippen LogP contribution in [0.2, 0.25) is 0 Å². The van der Waals surface area contributed by atoms with Crippen LogP contribution in [0.15, 0.2) is 85.1 Å². The molecule has 2 unspecified atom stereocenters. The minimum Gasteiger partial charge on any atom is -0.462 e. The molecule has 1 heterocycles. The lowest BCUT2D eigenvalue weighted by atomic mass is 9.99. The van der Waals surface area contributed by atoms with Crippen LogP contribution in [0.4, 0.5) is 0 Å². The molecule has 0 aliphatic carbocycles. The molecule has 1 saturated heterocycles. The van der Waals surface area contributed by atoms with Crippen molar-refractivity contribution in [3.05, 3.63) is 85.1 Å². The second-order valence-electron chi connectivity index (χ2n) is 15.2. The Labute approximate surface area is 356 Å².